The van der Waals surface area contributed by atoms with Crippen LogP contribution in [0.4, 0.5) is 0 Å². The van der Waals surface area contributed by atoms with E-state index in [9.17, 15) is 4.79 Å². The van der Waals surface area contributed by atoms with Crippen molar-refractivity contribution in [3.05, 3.63) is 0 Å². The predicted molar refractivity (Wildman–Crippen MR) is 53.9 cm³/mol. The second-order valence-electron chi connectivity index (χ2n) is 4.63. The minimum Gasteiger partial charge on any atom is -0.464 e. The molecule has 2 rings (SSSR count). The molecule has 0 unspecified atom stereocenters. The zero-order valence-corrected chi connectivity index (χ0v) is 8.79. The van der Waals surface area contributed by atoms with Crippen LogP contribution in [-0.4, -0.2) is 24.7 Å². The molecule has 1 aliphatic carbocycles. The van der Waals surface area contributed by atoms with Gasteiger partial charge >= 0.3 is 5.97 Å². The average Bonchev–Trinajstić information content (AvgIpc) is 2.56. The molecule has 14 heavy (non-hydrogen) atoms. The molecule has 0 aromatic carbocycles. The lowest BCUT2D eigenvalue weighted by atomic mass is 9.87. The lowest BCUT2D eigenvalue weighted by Gasteiger charge is -2.28. The van der Waals surface area contributed by atoms with Gasteiger partial charge in [-0.1, -0.05) is 6.92 Å². The monoisotopic (exact) mass is 197 g/mol. The highest BCUT2D eigenvalue weighted by Crippen LogP contribution is 2.24. The van der Waals surface area contributed by atoms with Crippen molar-refractivity contribution in [2.75, 3.05) is 6.61 Å². The molecule has 0 amide bonds. The van der Waals surface area contributed by atoms with E-state index in [0.717, 1.165) is 12.3 Å². The highest BCUT2D eigenvalue weighted by Gasteiger charge is 2.29. The van der Waals surface area contributed by atoms with Crippen molar-refractivity contribution in [3.8, 4) is 0 Å². The van der Waals surface area contributed by atoms with Gasteiger partial charge in [-0.25, -0.2) is 0 Å². The normalized spacial score (nSPS) is 38.4. The maximum absolute atomic E-state index is 11.2. The molecule has 2 aliphatic rings. The van der Waals surface area contributed by atoms with Gasteiger partial charge in [0.15, 0.2) is 0 Å². The summed E-state index contributed by atoms with van der Waals surface area (Å²) < 4.78 is 4.93. The van der Waals surface area contributed by atoms with Crippen LogP contribution in [0.1, 0.15) is 39.0 Å². The Morgan fingerprint density at radius 2 is 1.93 bits per heavy atom. The molecule has 1 saturated carbocycles. The van der Waals surface area contributed by atoms with Crippen molar-refractivity contribution in [1.29, 1.82) is 0 Å². The number of nitrogens with one attached hydrogen (secondary N) is 1. The van der Waals surface area contributed by atoms with Crippen LogP contribution in [0.2, 0.25) is 0 Å². The number of ether oxygens (including phenoxy) is 1. The quantitative estimate of drug-likeness (QED) is 0.681. The van der Waals surface area contributed by atoms with E-state index in [1.165, 1.54) is 25.7 Å². The van der Waals surface area contributed by atoms with Gasteiger partial charge in [0, 0.05) is 12.5 Å². The minimum absolute atomic E-state index is 0.0200. The van der Waals surface area contributed by atoms with E-state index in [1.807, 2.05) is 0 Å². The van der Waals surface area contributed by atoms with Crippen molar-refractivity contribution in [1.82, 2.24) is 5.32 Å². The van der Waals surface area contributed by atoms with Crippen LogP contribution >= 0.6 is 0 Å². The van der Waals surface area contributed by atoms with E-state index in [0.29, 0.717) is 12.6 Å². The predicted octanol–water partition coefficient (Wildman–Crippen LogP) is 1.47. The summed E-state index contributed by atoms with van der Waals surface area (Å²) >= 11 is 0. The van der Waals surface area contributed by atoms with Gasteiger partial charge in [0.1, 0.15) is 6.04 Å². The Labute approximate surface area is 85.2 Å². The van der Waals surface area contributed by atoms with Gasteiger partial charge in [0.2, 0.25) is 0 Å². The number of cyclic esters (lactones) is 1. The molecule has 1 atom stereocenters. The van der Waals surface area contributed by atoms with E-state index in [1.54, 1.807) is 0 Å². The number of hydrogen-bond donors (Lipinski definition) is 1. The first-order valence-corrected chi connectivity index (χ1v) is 5.68. The summed E-state index contributed by atoms with van der Waals surface area (Å²) in [7, 11) is 0. The summed E-state index contributed by atoms with van der Waals surface area (Å²) in [5, 5.41) is 3.41. The number of carbonyl (C=O) groups excluding carboxylic acids is 1. The molecule has 0 aromatic rings. The molecule has 0 radical (unpaired) electrons. The van der Waals surface area contributed by atoms with Crippen molar-refractivity contribution in [3.63, 3.8) is 0 Å². The first-order chi connectivity index (χ1) is 6.75. The molecule has 2 fully saturated rings. The maximum Gasteiger partial charge on any atom is 0.323 e. The summed E-state index contributed by atoms with van der Waals surface area (Å²) in [6, 6.07) is 0.523. The van der Waals surface area contributed by atoms with Gasteiger partial charge in [-0.05, 0) is 31.6 Å². The van der Waals surface area contributed by atoms with Gasteiger partial charge in [0.25, 0.3) is 0 Å². The Kier molecular flexibility index (Phi) is 3.06. The maximum atomic E-state index is 11.2. The van der Waals surface area contributed by atoms with E-state index >= 15 is 0 Å². The van der Waals surface area contributed by atoms with Crippen LogP contribution in [-0.2, 0) is 9.53 Å². The zero-order chi connectivity index (χ0) is 9.97. The SMILES string of the molecule is CC1CCC(N[C@H]2CCOC2=O)CC1. The number of rotatable bonds is 2. The molecule has 0 aromatic heterocycles. The van der Waals surface area contributed by atoms with Crippen molar-refractivity contribution in [2.45, 2.75) is 51.1 Å². The highest BCUT2D eigenvalue weighted by molar-refractivity contribution is 5.77. The summed E-state index contributed by atoms with van der Waals surface area (Å²) in [6.07, 6.45) is 5.86. The van der Waals surface area contributed by atoms with E-state index in [-0.39, 0.29) is 12.0 Å². The van der Waals surface area contributed by atoms with Crippen LogP contribution < -0.4 is 5.32 Å². The summed E-state index contributed by atoms with van der Waals surface area (Å²) in [5.74, 6) is 0.812. The Bertz CT molecular complexity index is 209. The van der Waals surface area contributed by atoms with Crippen LogP contribution in [0, 0.1) is 5.92 Å². The second kappa shape index (κ2) is 4.30. The van der Waals surface area contributed by atoms with E-state index < -0.39 is 0 Å². The summed E-state index contributed by atoms with van der Waals surface area (Å²) in [5.41, 5.74) is 0. The van der Waals surface area contributed by atoms with Crippen LogP contribution in [0.25, 0.3) is 0 Å². The smallest absolute Gasteiger partial charge is 0.323 e. The zero-order valence-electron chi connectivity index (χ0n) is 8.79. The molecule has 1 N–H and O–H groups in total. The number of carbonyl (C=O) groups is 1. The summed E-state index contributed by atoms with van der Waals surface area (Å²) in [6.45, 7) is 2.90. The Morgan fingerprint density at radius 1 is 1.21 bits per heavy atom. The van der Waals surface area contributed by atoms with Crippen molar-refractivity contribution in [2.24, 2.45) is 5.92 Å². The molecular weight excluding hydrogens is 178 g/mol. The summed E-state index contributed by atoms with van der Waals surface area (Å²) in [4.78, 5) is 11.2. The van der Waals surface area contributed by atoms with E-state index in [4.69, 9.17) is 4.74 Å². The van der Waals surface area contributed by atoms with E-state index in [2.05, 4.69) is 12.2 Å². The highest BCUT2D eigenvalue weighted by atomic mass is 16.5. The minimum atomic E-state index is -0.0522. The topological polar surface area (TPSA) is 38.3 Å². The lowest BCUT2D eigenvalue weighted by molar-refractivity contribution is -0.139. The third-order valence-corrected chi connectivity index (χ3v) is 3.39. The first-order valence-electron chi connectivity index (χ1n) is 5.68. The van der Waals surface area contributed by atoms with Crippen LogP contribution in [0.3, 0.4) is 0 Å². The van der Waals surface area contributed by atoms with Crippen LogP contribution in [0.15, 0.2) is 0 Å². The number of hydrogen-bond acceptors (Lipinski definition) is 3. The molecule has 1 heterocycles. The third-order valence-electron chi connectivity index (χ3n) is 3.39. The Balaban J connectivity index is 1.77. The van der Waals surface area contributed by atoms with Gasteiger partial charge in [0.05, 0.1) is 6.61 Å². The molecule has 1 saturated heterocycles. The van der Waals surface area contributed by atoms with Crippen molar-refractivity contribution >= 4 is 5.97 Å². The molecule has 0 bridgehead atoms. The molecular formula is C11H19NO2. The number of esters is 1. The van der Waals surface area contributed by atoms with Crippen LogP contribution in [0.5, 0.6) is 0 Å². The van der Waals surface area contributed by atoms with Gasteiger partial charge in [-0.15, -0.1) is 0 Å². The standard InChI is InChI=1S/C11H19NO2/c1-8-2-4-9(5-3-8)12-10-6-7-14-11(10)13/h8-10,12H,2-7H2,1H3/t8?,9?,10-/m0/s1. The fraction of sp³-hybridized carbons (Fsp3) is 0.909. The van der Waals surface area contributed by atoms with Crippen molar-refractivity contribution < 1.29 is 9.53 Å². The fourth-order valence-electron chi connectivity index (χ4n) is 2.36. The lowest BCUT2D eigenvalue weighted by Crippen LogP contribution is -2.42. The largest absolute Gasteiger partial charge is 0.464 e. The first kappa shape index (κ1) is 9.97. The van der Waals surface area contributed by atoms with Gasteiger partial charge < -0.3 is 10.1 Å². The molecule has 3 heteroatoms. The van der Waals surface area contributed by atoms with Gasteiger partial charge in [-0.2, -0.15) is 0 Å². The third kappa shape index (κ3) is 2.27. The Hall–Kier alpha value is -0.570. The molecule has 80 valence electrons. The average molecular weight is 197 g/mol. The van der Waals surface area contributed by atoms with Gasteiger partial charge in [-0.3, -0.25) is 4.79 Å². The molecule has 1 aliphatic heterocycles. The second-order valence-corrected chi connectivity index (χ2v) is 4.63. The Morgan fingerprint density at radius 3 is 2.50 bits per heavy atom. The molecule has 0 spiro atoms. The fourth-order valence-corrected chi connectivity index (χ4v) is 2.36. The molecule has 3 nitrogen and oxygen atoms in total.